The molecule has 2 aromatic heterocycles. The molecule has 0 spiro atoms. The number of rotatable bonds is 2. The van der Waals surface area contributed by atoms with Crippen molar-refractivity contribution < 1.29 is 14.6 Å². The fourth-order valence-electron chi connectivity index (χ4n) is 3.93. The predicted molar refractivity (Wildman–Crippen MR) is 113 cm³/mol. The third-order valence-electron chi connectivity index (χ3n) is 5.26. The molecule has 1 aromatic carbocycles. The summed E-state index contributed by atoms with van der Waals surface area (Å²) in [6.07, 6.45) is 5.53. The molecule has 1 fully saturated rings. The summed E-state index contributed by atoms with van der Waals surface area (Å²) >= 11 is 0. The summed E-state index contributed by atoms with van der Waals surface area (Å²) < 4.78 is 5.56. The van der Waals surface area contributed by atoms with Crippen molar-refractivity contribution in [2.45, 2.75) is 45.1 Å². The normalized spacial score (nSPS) is 17.5. The fraction of sp³-hybridized carbons (Fsp3) is 0.391. The van der Waals surface area contributed by atoms with Gasteiger partial charge in [0.1, 0.15) is 17.0 Å². The highest BCUT2D eigenvalue weighted by Crippen LogP contribution is 2.34. The second-order valence-corrected chi connectivity index (χ2v) is 8.68. The van der Waals surface area contributed by atoms with Crippen molar-refractivity contribution >= 4 is 17.1 Å². The van der Waals surface area contributed by atoms with E-state index < -0.39 is 5.60 Å². The molecule has 4 rings (SSSR count). The Morgan fingerprint density at radius 3 is 2.86 bits per heavy atom. The molecule has 3 heterocycles. The van der Waals surface area contributed by atoms with E-state index >= 15 is 0 Å². The number of piperidine rings is 1. The molecule has 152 valence electrons. The smallest absolute Gasteiger partial charge is 0.410 e. The number of aromatic amines is 1. The highest BCUT2D eigenvalue weighted by atomic mass is 16.6. The minimum atomic E-state index is -0.495. The molecule has 1 atom stereocenters. The molecule has 3 aromatic rings. The van der Waals surface area contributed by atoms with Crippen molar-refractivity contribution in [3.63, 3.8) is 0 Å². The predicted octanol–water partition coefficient (Wildman–Crippen LogP) is 5.05. The van der Waals surface area contributed by atoms with Gasteiger partial charge in [0, 0.05) is 42.4 Å². The van der Waals surface area contributed by atoms with E-state index in [4.69, 9.17) is 4.74 Å². The number of nitrogens with one attached hydrogen (secondary N) is 1. The van der Waals surface area contributed by atoms with Gasteiger partial charge >= 0.3 is 6.09 Å². The van der Waals surface area contributed by atoms with Crippen LogP contribution in [-0.2, 0) is 4.74 Å². The van der Waals surface area contributed by atoms with E-state index in [1.165, 1.54) is 5.56 Å². The lowest BCUT2D eigenvalue weighted by molar-refractivity contribution is 0.0198. The van der Waals surface area contributed by atoms with Crippen LogP contribution in [0.5, 0.6) is 5.75 Å². The molecule has 1 amide bonds. The molecule has 0 saturated carbocycles. The standard InChI is InChI=1S/C23H27N3O3/c1-23(2,3)29-22(28)26-9-5-7-16(14-26)20-13-25-21-19(20)11-17(12-24-21)15-6-4-8-18(27)10-15/h4,6,8,10-13,16,27H,5,7,9,14H2,1-3H3,(H,24,25). The molecular weight excluding hydrogens is 366 g/mol. The Morgan fingerprint density at radius 1 is 1.28 bits per heavy atom. The maximum absolute atomic E-state index is 12.5. The molecule has 1 aliphatic heterocycles. The first-order chi connectivity index (χ1) is 13.8. The summed E-state index contributed by atoms with van der Waals surface area (Å²) in [7, 11) is 0. The lowest BCUT2D eigenvalue weighted by atomic mass is 9.90. The van der Waals surface area contributed by atoms with Crippen molar-refractivity contribution in [3.05, 3.63) is 48.3 Å². The first kappa shape index (κ1) is 19.3. The highest BCUT2D eigenvalue weighted by molar-refractivity contribution is 5.85. The topological polar surface area (TPSA) is 78.5 Å². The van der Waals surface area contributed by atoms with Gasteiger partial charge in [-0.05, 0) is 62.9 Å². The molecule has 29 heavy (non-hydrogen) atoms. The minimum Gasteiger partial charge on any atom is -0.508 e. The second-order valence-electron chi connectivity index (χ2n) is 8.68. The van der Waals surface area contributed by atoms with Crippen LogP contribution in [0.15, 0.2) is 42.7 Å². The first-order valence-electron chi connectivity index (χ1n) is 10.0. The summed E-state index contributed by atoms with van der Waals surface area (Å²) in [4.78, 5) is 22.2. The first-order valence-corrected chi connectivity index (χ1v) is 10.0. The number of carbonyl (C=O) groups excluding carboxylic acids is 1. The van der Waals surface area contributed by atoms with Gasteiger partial charge in [-0.3, -0.25) is 0 Å². The number of aromatic hydroxyl groups is 1. The average molecular weight is 393 g/mol. The Kier molecular flexibility index (Phi) is 4.94. The Morgan fingerprint density at radius 2 is 2.10 bits per heavy atom. The monoisotopic (exact) mass is 393 g/mol. The number of phenols is 1. The van der Waals surface area contributed by atoms with Gasteiger partial charge in [-0.25, -0.2) is 9.78 Å². The lowest BCUT2D eigenvalue weighted by Gasteiger charge is -2.34. The van der Waals surface area contributed by atoms with E-state index in [9.17, 15) is 9.90 Å². The van der Waals surface area contributed by atoms with Crippen LogP contribution in [0.3, 0.4) is 0 Å². The fourth-order valence-corrected chi connectivity index (χ4v) is 3.93. The lowest BCUT2D eigenvalue weighted by Crippen LogP contribution is -2.42. The van der Waals surface area contributed by atoms with Crippen LogP contribution in [0.2, 0.25) is 0 Å². The number of hydrogen-bond donors (Lipinski definition) is 2. The molecule has 1 saturated heterocycles. The van der Waals surface area contributed by atoms with Gasteiger partial charge in [0.2, 0.25) is 0 Å². The Hall–Kier alpha value is -3.02. The zero-order chi connectivity index (χ0) is 20.6. The van der Waals surface area contributed by atoms with E-state index in [1.54, 1.807) is 12.1 Å². The molecule has 0 radical (unpaired) electrons. The molecule has 0 bridgehead atoms. The highest BCUT2D eigenvalue weighted by Gasteiger charge is 2.29. The van der Waals surface area contributed by atoms with Gasteiger partial charge in [0.05, 0.1) is 0 Å². The van der Waals surface area contributed by atoms with E-state index in [-0.39, 0.29) is 17.8 Å². The summed E-state index contributed by atoms with van der Waals surface area (Å²) in [6.45, 7) is 7.03. The number of benzene rings is 1. The molecule has 6 nitrogen and oxygen atoms in total. The quantitative estimate of drug-likeness (QED) is 0.639. The maximum Gasteiger partial charge on any atom is 0.410 e. The van der Waals surface area contributed by atoms with Crippen LogP contribution < -0.4 is 0 Å². The van der Waals surface area contributed by atoms with Crippen molar-refractivity contribution in [1.29, 1.82) is 0 Å². The number of likely N-dealkylation sites (tertiary alicyclic amines) is 1. The second kappa shape index (κ2) is 7.43. The summed E-state index contributed by atoms with van der Waals surface area (Å²) in [5, 5.41) is 10.8. The summed E-state index contributed by atoms with van der Waals surface area (Å²) in [5.41, 5.74) is 3.38. The van der Waals surface area contributed by atoms with E-state index in [1.807, 2.05) is 50.2 Å². The Bertz CT molecular complexity index is 1040. The van der Waals surface area contributed by atoms with E-state index in [0.29, 0.717) is 6.54 Å². The molecule has 6 heteroatoms. The van der Waals surface area contributed by atoms with Gasteiger partial charge in [0.15, 0.2) is 0 Å². The van der Waals surface area contributed by atoms with Crippen LogP contribution >= 0.6 is 0 Å². The van der Waals surface area contributed by atoms with E-state index in [2.05, 4.69) is 16.0 Å². The third-order valence-corrected chi connectivity index (χ3v) is 5.26. The summed E-state index contributed by atoms with van der Waals surface area (Å²) in [6, 6.07) is 9.28. The van der Waals surface area contributed by atoms with E-state index in [0.717, 1.165) is 41.5 Å². The third kappa shape index (κ3) is 4.21. The number of pyridine rings is 1. The Labute approximate surface area is 170 Å². The number of H-pyrrole nitrogens is 1. The SMILES string of the molecule is CC(C)(C)OC(=O)N1CCCC(c2c[nH]c3ncc(-c4cccc(O)c4)cc23)C1. The number of phenolic OH excluding ortho intramolecular Hbond substituents is 1. The number of amides is 1. The van der Waals surface area contributed by atoms with Crippen LogP contribution in [0.1, 0.15) is 45.1 Å². The average Bonchev–Trinajstić information content (AvgIpc) is 3.10. The van der Waals surface area contributed by atoms with Crippen LogP contribution in [0.4, 0.5) is 4.79 Å². The maximum atomic E-state index is 12.5. The zero-order valence-corrected chi connectivity index (χ0v) is 17.1. The summed E-state index contributed by atoms with van der Waals surface area (Å²) in [5.74, 6) is 0.461. The van der Waals surface area contributed by atoms with Crippen LogP contribution in [0.25, 0.3) is 22.2 Å². The molecular formula is C23H27N3O3. The molecule has 2 N–H and O–H groups in total. The minimum absolute atomic E-state index is 0.228. The van der Waals surface area contributed by atoms with Crippen molar-refractivity contribution in [3.8, 4) is 16.9 Å². The zero-order valence-electron chi connectivity index (χ0n) is 17.1. The van der Waals surface area contributed by atoms with Gasteiger partial charge in [-0.15, -0.1) is 0 Å². The number of nitrogens with zero attached hydrogens (tertiary/aromatic N) is 2. The van der Waals surface area contributed by atoms with Gasteiger partial charge in [-0.2, -0.15) is 0 Å². The van der Waals surface area contributed by atoms with Crippen molar-refractivity contribution in [2.24, 2.45) is 0 Å². The van der Waals surface area contributed by atoms with Gasteiger partial charge < -0.3 is 19.7 Å². The molecule has 0 aliphatic carbocycles. The van der Waals surface area contributed by atoms with Crippen molar-refractivity contribution in [1.82, 2.24) is 14.9 Å². The van der Waals surface area contributed by atoms with Crippen LogP contribution in [0, 0.1) is 0 Å². The largest absolute Gasteiger partial charge is 0.508 e. The van der Waals surface area contributed by atoms with Gasteiger partial charge in [0.25, 0.3) is 0 Å². The number of carbonyl (C=O) groups is 1. The van der Waals surface area contributed by atoms with Crippen LogP contribution in [-0.4, -0.2) is 44.8 Å². The number of hydrogen-bond acceptors (Lipinski definition) is 4. The number of aromatic nitrogens is 2. The number of ether oxygens (including phenoxy) is 1. The number of fused-ring (bicyclic) bond motifs is 1. The van der Waals surface area contributed by atoms with Gasteiger partial charge in [-0.1, -0.05) is 12.1 Å². The molecule has 1 aliphatic rings. The Balaban J connectivity index is 1.62. The molecule has 1 unspecified atom stereocenters. The van der Waals surface area contributed by atoms with Crippen molar-refractivity contribution in [2.75, 3.05) is 13.1 Å².